The first-order valence-corrected chi connectivity index (χ1v) is 17.3. The van der Waals surface area contributed by atoms with Crippen LogP contribution in [-0.2, 0) is 39.2 Å². The van der Waals surface area contributed by atoms with Crippen LogP contribution >= 0.6 is 0 Å². The molecule has 7 aromatic rings. The van der Waals surface area contributed by atoms with Crippen molar-refractivity contribution in [3.8, 4) is 28.7 Å². The second-order valence-corrected chi connectivity index (χ2v) is 16.1. The minimum atomic E-state index is -1.60. The summed E-state index contributed by atoms with van der Waals surface area (Å²) in [5.41, 5.74) is 4.16. The van der Waals surface area contributed by atoms with Gasteiger partial charge in [-0.05, 0) is 87.7 Å². The van der Waals surface area contributed by atoms with Gasteiger partial charge in [0.2, 0.25) is 0 Å². The maximum Gasteiger partial charge on any atom is 0.267 e. The smallest absolute Gasteiger partial charge is 0.267 e. The predicted octanol–water partition coefficient (Wildman–Crippen LogP) is 10.3. The number of fused-ring (bicyclic) bond motifs is 3. The Hall–Kier alpha value is -4.54. The van der Waals surface area contributed by atoms with Crippen molar-refractivity contribution in [2.75, 3.05) is 0 Å². The fourth-order valence-electron chi connectivity index (χ4n) is 6.16. The molecule has 0 radical (unpaired) electrons. The minimum absolute atomic E-state index is 0. The molecule has 52 heavy (non-hydrogen) atoms. The third-order valence-corrected chi connectivity index (χ3v) is 8.35. The third kappa shape index (κ3) is 8.23. The van der Waals surface area contributed by atoms with E-state index in [4.69, 9.17) is 15.2 Å². The minimum Gasteiger partial charge on any atom is -0.508 e. The normalized spacial score (nSPS) is 14.0. The molecule has 0 bridgehead atoms. The summed E-state index contributed by atoms with van der Waals surface area (Å²) in [6.45, 7) is 18.0. The predicted molar refractivity (Wildman–Crippen MR) is 205 cm³/mol. The fraction of sp³-hybridized carbons (Fsp3) is 0.311. The van der Waals surface area contributed by atoms with Gasteiger partial charge >= 0.3 is 0 Å². The second-order valence-electron chi connectivity index (χ2n) is 16.1. The number of aromatic nitrogens is 5. The van der Waals surface area contributed by atoms with Gasteiger partial charge < -0.3 is 18.9 Å². The van der Waals surface area contributed by atoms with Gasteiger partial charge in [0.1, 0.15) is 5.82 Å². The maximum atomic E-state index is 8.97. The average Bonchev–Trinajstić information content (AvgIpc) is 3.74. The number of hydrogen-bond donors (Lipinski definition) is 0. The van der Waals surface area contributed by atoms with E-state index in [2.05, 4.69) is 62.4 Å². The number of imidazole rings is 1. The van der Waals surface area contributed by atoms with Gasteiger partial charge in [0.25, 0.3) is 6.33 Å². The summed E-state index contributed by atoms with van der Waals surface area (Å²) in [5.74, 6) is 1.44. The third-order valence-electron chi connectivity index (χ3n) is 8.35. The molecule has 0 amide bonds. The monoisotopic (exact) mass is 872 g/mol. The van der Waals surface area contributed by atoms with E-state index in [1.54, 1.807) is 29.2 Å². The van der Waals surface area contributed by atoms with Crippen molar-refractivity contribution in [2.45, 2.75) is 80.5 Å². The molecule has 7 heteroatoms. The van der Waals surface area contributed by atoms with E-state index in [1.807, 2.05) is 106 Å². The molecule has 0 aliphatic carbocycles. The molecule has 0 N–H and O–H groups in total. The molecular formula is C45H47N5OPt-2. The van der Waals surface area contributed by atoms with Gasteiger partial charge in [0, 0.05) is 62.2 Å². The summed E-state index contributed by atoms with van der Waals surface area (Å²) in [4.78, 5) is 9.19. The molecule has 0 saturated carbocycles. The molecule has 0 spiro atoms. The maximum absolute atomic E-state index is 8.97. The van der Waals surface area contributed by atoms with Crippen molar-refractivity contribution in [3.05, 3.63) is 133 Å². The molecule has 0 aliphatic heterocycles. The molecule has 270 valence electrons. The van der Waals surface area contributed by atoms with Crippen LogP contribution in [0, 0.1) is 29.3 Å². The summed E-state index contributed by atoms with van der Waals surface area (Å²) in [6, 6.07) is 28.2. The first-order chi connectivity index (χ1) is 25.6. The molecule has 7 rings (SSSR count). The van der Waals surface area contributed by atoms with Gasteiger partial charge in [-0.2, -0.15) is 6.07 Å². The number of benzene rings is 3. The van der Waals surface area contributed by atoms with Crippen LogP contribution in [0.15, 0.2) is 97.7 Å². The van der Waals surface area contributed by atoms with Crippen LogP contribution in [0.2, 0.25) is 0 Å². The van der Waals surface area contributed by atoms with Crippen LogP contribution in [0.5, 0.6) is 11.5 Å². The van der Waals surface area contributed by atoms with Crippen LogP contribution in [0.4, 0.5) is 0 Å². The van der Waals surface area contributed by atoms with Gasteiger partial charge in [0.15, 0.2) is 0 Å². The van der Waals surface area contributed by atoms with Gasteiger partial charge in [-0.15, -0.1) is 23.6 Å². The quantitative estimate of drug-likeness (QED) is 0.118. The van der Waals surface area contributed by atoms with Crippen molar-refractivity contribution in [3.63, 3.8) is 0 Å². The van der Waals surface area contributed by atoms with Crippen LogP contribution < -0.4 is 9.30 Å². The van der Waals surface area contributed by atoms with Crippen LogP contribution in [-0.4, -0.2) is 19.1 Å². The van der Waals surface area contributed by atoms with E-state index < -0.39 is 23.6 Å². The summed E-state index contributed by atoms with van der Waals surface area (Å²) >= 11 is 0. The van der Waals surface area contributed by atoms with E-state index in [1.165, 1.54) is 5.56 Å². The Morgan fingerprint density at radius 3 is 2.27 bits per heavy atom. The number of nitrogens with zero attached hydrogens (tertiary/aromatic N) is 5. The van der Waals surface area contributed by atoms with E-state index >= 15 is 0 Å². The standard InChI is InChI=1S/C45H47N5O.Pt/c1-43(2,3)26-31-11-10-12-34(21-31)48-19-20-49(30-48)35-24-37(29-46-28-35)51-36-14-15-38-39-23-33(45(7,8)9)13-16-40(39)50(41(38)25-36)42-22-32(17-18-47-42)27-44(4,5)6;/h10-23,28-29H,26-27H2,1-9H3;/q-2;/i26D2,27D2;. The molecular weight excluding hydrogens is 822 g/mol. The topological polar surface area (TPSA) is 48.8 Å². The van der Waals surface area contributed by atoms with Crippen molar-refractivity contribution in [2.24, 2.45) is 10.8 Å². The Morgan fingerprint density at radius 1 is 0.788 bits per heavy atom. The van der Waals surface area contributed by atoms with Gasteiger partial charge in [-0.25, -0.2) is 4.98 Å². The molecule has 0 unspecified atom stereocenters. The van der Waals surface area contributed by atoms with Crippen molar-refractivity contribution in [1.82, 2.24) is 19.1 Å². The Balaban J connectivity index is 0.00000532. The molecule has 4 heterocycles. The zero-order chi connectivity index (χ0) is 39.7. The van der Waals surface area contributed by atoms with Gasteiger partial charge in [0.05, 0.1) is 5.69 Å². The zero-order valence-electron chi connectivity index (χ0n) is 35.2. The second kappa shape index (κ2) is 14.1. The van der Waals surface area contributed by atoms with Crippen molar-refractivity contribution >= 4 is 21.8 Å². The van der Waals surface area contributed by atoms with E-state index in [9.17, 15) is 0 Å². The van der Waals surface area contributed by atoms with Crippen molar-refractivity contribution in [1.29, 1.82) is 0 Å². The molecule has 3 aromatic carbocycles. The molecule has 0 aliphatic rings. The van der Waals surface area contributed by atoms with Gasteiger partial charge in [-0.3, -0.25) is 4.57 Å². The Labute approximate surface area is 328 Å². The first kappa shape index (κ1) is 32.1. The molecule has 0 fully saturated rings. The zero-order valence-corrected chi connectivity index (χ0v) is 33.5. The molecule has 0 saturated heterocycles. The van der Waals surface area contributed by atoms with Crippen LogP contribution in [0.3, 0.4) is 0 Å². The Kier molecular flexibility index (Phi) is 8.73. The molecule has 4 aromatic heterocycles. The number of rotatable bonds is 7. The average molecular weight is 873 g/mol. The molecule has 0 atom stereocenters. The largest absolute Gasteiger partial charge is 0.508 e. The van der Waals surface area contributed by atoms with Crippen LogP contribution in [0.1, 0.15) is 84.5 Å². The number of hydrogen-bond acceptors (Lipinski definition) is 3. The van der Waals surface area contributed by atoms with Crippen molar-refractivity contribution < 1.29 is 35.9 Å². The Bertz CT molecular complexity index is 2550. The number of pyridine rings is 2. The Morgan fingerprint density at radius 2 is 1.54 bits per heavy atom. The summed E-state index contributed by atoms with van der Waals surface area (Å²) in [6.07, 6.45) is 8.81. The summed E-state index contributed by atoms with van der Waals surface area (Å²) in [7, 11) is 0. The van der Waals surface area contributed by atoms with Gasteiger partial charge in [-0.1, -0.05) is 104 Å². The van der Waals surface area contributed by atoms with Crippen LogP contribution in [0.25, 0.3) is 39.0 Å². The van der Waals surface area contributed by atoms with E-state index in [0.29, 0.717) is 34.1 Å². The van der Waals surface area contributed by atoms with E-state index in [0.717, 1.165) is 27.5 Å². The summed E-state index contributed by atoms with van der Waals surface area (Å²) < 4.78 is 47.4. The SMILES string of the molecule is [2H]C([2H])(c1cccc(-[n+]2[c-]n(-c3[c-]c(Oc4[c-]c5c(cc4)c4cc(C(C)(C)C)ccc4n5-c4cc(C([2H])([2H])C(C)(C)C)ccn4)cnc3)cc2)c1)C(C)(C)C.[Pt]. The fourth-order valence-corrected chi connectivity index (χ4v) is 6.16. The van der Waals surface area contributed by atoms with E-state index in [-0.39, 0.29) is 26.5 Å². The first-order valence-electron chi connectivity index (χ1n) is 19.3. The summed E-state index contributed by atoms with van der Waals surface area (Å²) in [5, 5.41) is 2.02. The number of ether oxygens (including phenoxy) is 1. The molecule has 6 nitrogen and oxygen atoms in total.